The fourth-order valence-corrected chi connectivity index (χ4v) is 2.79. The van der Waals surface area contributed by atoms with E-state index in [9.17, 15) is 0 Å². The predicted molar refractivity (Wildman–Crippen MR) is 94.8 cm³/mol. The topological polar surface area (TPSA) is 27.1 Å². The van der Waals surface area contributed by atoms with Crippen LogP contribution in [-0.4, -0.2) is 9.55 Å². The average molecular weight is 308 g/mol. The van der Waals surface area contributed by atoms with Crippen molar-refractivity contribution in [3.63, 3.8) is 0 Å². The number of hydrogen-bond donors (Lipinski definition) is 0. The number of aromatic nitrogens is 2. The Labute approximate surface area is 137 Å². The number of para-hydroxylation sites is 2. The first-order valence-corrected chi connectivity index (χ1v) is 8.41. The van der Waals surface area contributed by atoms with Crippen LogP contribution in [-0.2, 0) is 13.2 Å². The zero-order valence-corrected chi connectivity index (χ0v) is 14.0. The molecule has 0 aliphatic carbocycles. The highest BCUT2D eigenvalue weighted by Crippen LogP contribution is 2.19. The number of unbranched alkanes of at least 4 members (excludes halogenated alkanes) is 2. The average Bonchev–Trinajstić information content (AvgIpc) is 2.93. The van der Waals surface area contributed by atoms with Gasteiger partial charge in [0, 0.05) is 6.54 Å². The van der Waals surface area contributed by atoms with Gasteiger partial charge < -0.3 is 9.30 Å². The van der Waals surface area contributed by atoms with Crippen molar-refractivity contribution in [3.8, 4) is 5.75 Å². The molecule has 0 spiro atoms. The first kappa shape index (κ1) is 15.6. The molecule has 3 rings (SSSR count). The van der Waals surface area contributed by atoms with Gasteiger partial charge >= 0.3 is 0 Å². The maximum Gasteiger partial charge on any atom is 0.147 e. The number of hydrogen-bond acceptors (Lipinski definition) is 2. The van der Waals surface area contributed by atoms with E-state index in [0.29, 0.717) is 6.61 Å². The molecule has 3 heteroatoms. The van der Waals surface area contributed by atoms with Crippen LogP contribution in [0.5, 0.6) is 5.75 Å². The molecular weight excluding hydrogens is 284 g/mol. The van der Waals surface area contributed by atoms with Crippen LogP contribution in [0.3, 0.4) is 0 Å². The molecule has 3 aromatic rings. The lowest BCUT2D eigenvalue weighted by atomic mass is 10.2. The molecule has 0 radical (unpaired) electrons. The summed E-state index contributed by atoms with van der Waals surface area (Å²) in [6, 6.07) is 16.5. The molecule has 0 unspecified atom stereocenters. The van der Waals surface area contributed by atoms with Gasteiger partial charge in [0.2, 0.25) is 0 Å². The van der Waals surface area contributed by atoms with Crippen LogP contribution in [0.15, 0.2) is 48.5 Å². The van der Waals surface area contributed by atoms with Gasteiger partial charge in [-0.3, -0.25) is 0 Å². The predicted octanol–water partition coefficient (Wildman–Crippen LogP) is 5.11. The molecule has 0 saturated heterocycles. The van der Waals surface area contributed by atoms with E-state index < -0.39 is 0 Å². The molecule has 0 amide bonds. The van der Waals surface area contributed by atoms with E-state index in [0.717, 1.165) is 23.6 Å². The molecular formula is C20H24N2O. The summed E-state index contributed by atoms with van der Waals surface area (Å²) in [5.41, 5.74) is 3.49. The monoisotopic (exact) mass is 308 g/mol. The third-order valence-electron chi connectivity index (χ3n) is 4.11. The molecule has 0 N–H and O–H groups in total. The van der Waals surface area contributed by atoms with Crippen molar-refractivity contribution in [1.29, 1.82) is 0 Å². The Kier molecular flexibility index (Phi) is 4.96. The lowest BCUT2D eigenvalue weighted by Gasteiger charge is -2.10. The van der Waals surface area contributed by atoms with Crippen LogP contribution in [0, 0.1) is 6.92 Å². The van der Waals surface area contributed by atoms with Gasteiger partial charge in [-0.05, 0) is 37.6 Å². The molecule has 0 atom stereocenters. The van der Waals surface area contributed by atoms with E-state index in [1.165, 1.54) is 30.3 Å². The van der Waals surface area contributed by atoms with E-state index in [1.807, 2.05) is 18.2 Å². The van der Waals surface area contributed by atoms with Crippen molar-refractivity contribution in [1.82, 2.24) is 9.55 Å². The smallest absolute Gasteiger partial charge is 0.147 e. The third kappa shape index (κ3) is 3.73. The largest absolute Gasteiger partial charge is 0.486 e. The van der Waals surface area contributed by atoms with Crippen molar-refractivity contribution < 1.29 is 4.74 Å². The maximum atomic E-state index is 5.94. The molecule has 2 aromatic carbocycles. The quantitative estimate of drug-likeness (QED) is 0.567. The minimum absolute atomic E-state index is 0.504. The molecule has 0 aliphatic rings. The highest BCUT2D eigenvalue weighted by atomic mass is 16.5. The zero-order valence-electron chi connectivity index (χ0n) is 14.0. The summed E-state index contributed by atoms with van der Waals surface area (Å²) in [6.07, 6.45) is 3.64. The lowest BCUT2D eigenvalue weighted by molar-refractivity contribution is 0.289. The van der Waals surface area contributed by atoms with E-state index in [1.54, 1.807) is 0 Å². The molecule has 0 fully saturated rings. The SMILES string of the molecule is CCCCCn1c(COc2ccc(C)cc2)nc2ccccc21. The highest BCUT2D eigenvalue weighted by molar-refractivity contribution is 5.75. The van der Waals surface area contributed by atoms with E-state index in [4.69, 9.17) is 9.72 Å². The summed E-state index contributed by atoms with van der Waals surface area (Å²) in [7, 11) is 0. The van der Waals surface area contributed by atoms with Crippen molar-refractivity contribution in [3.05, 3.63) is 59.9 Å². The minimum atomic E-state index is 0.504. The van der Waals surface area contributed by atoms with E-state index >= 15 is 0 Å². The normalized spacial score (nSPS) is 11.0. The van der Waals surface area contributed by atoms with Crippen LogP contribution in [0.4, 0.5) is 0 Å². The number of ether oxygens (including phenoxy) is 1. The number of nitrogens with zero attached hydrogens (tertiary/aromatic N) is 2. The van der Waals surface area contributed by atoms with Crippen molar-refractivity contribution in [2.24, 2.45) is 0 Å². The zero-order chi connectivity index (χ0) is 16.1. The van der Waals surface area contributed by atoms with Crippen molar-refractivity contribution in [2.75, 3.05) is 0 Å². The maximum absolute atomic E-state index is 5.94. The van der Waals surface area contributed by atoms with Gasteiger partial charge in [-0.1, -0.05) is 49.6 Å². The molecule has 1 heterocycles. The molecule has 120 valence electrons. The minimum Gasteiger partial charge on any atom is -0.486 e. The molecule has 0 saturated carbocycles. The fraction of sp³-hybridized carbons (Fsp3) is 0.350. The second-order valence-electron chi connectivity index (χ2n) is 5.98. The Morgan fingerprint density at radius 2 is 1.78 bits per heavy atom. The summed E-state index contributed by atoms with van der Waals surface area (Å²) in [4.78, 5) is 4.76. The van der Waals surface area contributed by atoms with Gasteiger partial charge in [0.1, 0.15) is 18.2 Å². The van der Waals surface area contributed by atoms with Gasteiger partial charge in [0.15, 0.2) is 0 Å². The van der Waals surface area contributed by atoms with Gasteiger partial charge in [-0.2, -0.15) is 0 Å². The fourth-order valence-electron chi connectivity index (χ4n) is 2.79. The standard InChI is InChI=1S/C20H24N2O/c1-3-4-7-14-22-19-9-6-5-8-18(19)21-20(22)15-23-17-12-10-16(2)11-13-17/h5-6,8-13H,3-4,7,14-15H2,1-2H3. The van der Waals surface area contributed by atoms with Crippen LogP contribution in [0.25, 0.3) is 11.0 Å². The van der Waals surface area contributed by atoms with E-state index in [-0.39, 0.29) is 0 Å². The van der Waals surface area contributed by atoms with Crippen LogP contribution < -0.4 is 4.74 Å². The summed E-state index contributed by atoms with van der Waals surface area (Å²) < 4.78 is 8.24. The van der Waals surface area contributed by atoms with Crippen molar-refractivity contribution in [2.45, 2.75) is 46.3 Å². The van der Waals surface area contributed by atoms with Crippen LogP contribution >= 0.6 is 0 Å². The Balaban J connectivity index is 1.80. The lowest BCUT2D eigenvalue weighted by Crippen LogP contribution is -2.07. The van der Waals surface area contributed by atoms with E-state index in [2.05, 4.69) is 48.7 Å². The Bertz CT molecular complexity index is 759. The molecule has 0 aliphatic heterocycles. The Hall–Kier alpha value is -2.29. The molecule has 3 nitrogen and oxygen atoms in total. The molecule has 0 bridgehead atoms. The van der Waals surface area contributed by atoms with Gasteiger partial charge in [0.05, 0.1) is 11.0 Å². The number of rotatable bonds is 7. The summed E-state index contributed by atoms with van der Waals surface area (Å²) in [5.74, 6) is 1.89. The Morgan fingerprint density at radius 3 is 2.57 bits per heavy atom. The summed E-state index contributed by atoms with van der Waals surface area (Å²) in [6.45, 7) is 5.81. The van der Waals surface area contributed by atoms with Gasteiger partial charge in [0.25, 0.3) is 0 Å². The summed E-state index contributed by atoms with van der Waals surface area (Å²) >= 11 is 0. The van der Waals surface area contributed by atoms with Gasteiger partial charge in [-0.25, -0.2) is 4.98 Å². The molecule has 23 heavy (non-hydrogen) atoms. The van der Waals surface area contributed by atoms with Crippen LogP contribution in [0.2, 0.25) is 0 Å². The first-order valence-electron chi connectivity index (χ1n) is 8.41. The molecule has 1 aromatic heterocycles. The second kappa shape index (κ2) is 7.32. The van der Waals surface area contributed by atoms with Crippen LogP contribution in [0.1, 0.15) is 37.6 Å². The highest BCUT2D eigenvalue weighted by Gasteiger charge is 2.10. The number of aryl methyl sites for hydroxylation is 2. The van der Waals surface area contributed by atoms with Crippen molar-refractivity contribution >= 4 is 11.0 Å². The first-order chi connectivity index (χ1) is 11.3. The van der Waals surface area contributed by atoms with Gasteiger partial charge in [-0.15, -0.1) is 0 Å². The number of imidazole rings is 1. The Morgan fingerprint density at radius 1 is 1.00 bits per heavy atom. The number of fused-ring (bicyclic) bond motifs is 1. The second-order valence-corrected chi connectivity index (χ2v) is 5.98. The summed E-state index contributed by atoms with van der Waals surface area (Å²) in [5, 5.41) is 0. The third-order valence-corrected chi connectivity index (χ3v) is 4.11. The number of benzene rings is 2.